The van der Waals surface area contributed by atoms with Gasteiger partial charge in [0.1, 0.15) is 5.60 Å². The highest BCUT2D eigenvalue weighted by Gasteiger charge is 2.54. The lowest BCUT2D eigenvalue weighted by Gasteiger charge is -2.58. The number of amides is 1. The van der Waals surface area contributed by atoms with E-state index in [-0.39, 0.29) is 12.1 Å². The topological polar surface area (TPSA) is 53.0 Å². The second kappa shape index (κ2) is 5.07. The molecule has 1 aromatic carbocycles. The number of hydrogen-bond donors (Lipinski definition) is 1. The molecule has 2 aliphatic rings. The fraction of sp³-hybridized carbons (Fsp3) is 0.533. The molecule has 0 spiro atoms. The van der Waals surface area contributed by atoms with E-state index in [1.54, 1.807) is 11.8 Å². The van der Waals surface area contributed by atoms with E-state index in [2.05, 4.69) is 4.90 Å². The average molecular weight is 276 g/mol. The number of aliphatic hydroxyl groups is 1. The SMILES string of the molecule is CCOC(=O)N1CCN2CC(O)(c3ccccc3)C2C1. The van der Waals surface area contributed by atoms with Crippen LogP contribution in [0.4, 0.5) is 4.79 Å². The normalized spacial score (nSPS) is 29.5. The van der Waals surface area contributed by atoms with Crippen LogP contribution in [-0.4, -0.2) is 59.8 Å². The number of hydrogen-bond acceptors (Lipinski definition) is 4. The summed E-state index contributed by atoms with van der Waals surface area (Å²) in [6.45, 7) is 4.80. The Morgan fingerprint density at radius 1 is 1.40 bits per heavy atom. The summed E-state index contributed by atoms with van der Waals surface area (Å²) in [4.78, 5) is 15.7. The summed E-state index contributed by atoms with van der Waals surface area (Å²) in [5, 5.41) is 10.9. The van der Waals surface area contributed by atoms with Crippen molar-refractivity contribution in [3.05, 3.63) is 35.9 Å². The molecule has 1 amide bonds. The standard InChI is InChI=1S/C15H20N2O3/c1-2-20-14(18)16-8-9-17-11-15(19,13(17)10-16)12-6-4-3-5-7-12/h3-7,13,19H,2,8-11H2,1H3. The molecule has 2 aliphatic heterocycles. The van der Waals surface area contributed by atoms with Gasteiger partial charge in [0.15, 0.2) is 0 Å². The molecule has 1 N–H and O–H groups in total. The molecule has 2 atom stereocenters. The Bertz CT molecular complexity index is 493. The number of fused-ring (bicyclic) bond motifs is 1. The van der Waals surface area contributed by atoms with Crippen molar-refractivity contribution in [1.29, 1.82) is 0 Å². The number of carbonyl (C=O) groups is 1. The summed E-state index contributed by atoms with van der Waals surface area (Å²) in [6.07, 6.45) is -0.283. The highest BCUT2D eigenvalue weighted by molar-refractivity contribution is 5.68. The Morgan fingerprint density at radius 2 is 2.15 bits per heavy atom. The van der Waals surface area contributed by atoms with E-state index < -0.39 is 5.60 Å². The third kappa shape index (κ3) is 2.07. The van der Waals surface area contributed by atoms with E-state index in [1.165, 1.54) is 0 Å². The van der Waals surface area contributed by atoms with E-state index in [0.29, 0.717) is 26.2 Å². The fourth-order valence-corrected chi connectivity index (χ4v) is 3.16. The zero-order chi connectivity index (χ0) is 14.2. The van der Waals surface area contributed by atoms with Crippen LogP contribution >= 0.6 is 0 Å². The van der Waals surface area contributed by atoms with Crippen LogP contribution < -0.4 is 0 Å². The Kier molecular flexibility index (Phi) is 3.40. The smallest absolute Gasteiger partial charge is 0.409 e. The predicted octanol–water partition coefficient (Wildman–Crippen LogP) is 1.03. The summed E-state index contributed by atoms with van der Waals surface area (Å²) in [5.41, 5.74) is 0.0684. The third-order valence-corrected chi connectivity index (χ3v) is 4.29. The van der Waals surface area contributed by atoms with Crippen LogP contribution in [-0.2, 0) is 10.3 Å². The molecule has 2 unspecified atom stereocenters. The van der Waals surface area contributed by atoms with Gasteiger partial charge >= 0.3 is 6.09 Å². The third-order valence-electron chi connectivity index (χ3n) is 4.29. The summed E-state index contributed by atoms with van der Waals surface area (Å²) in [7, 11) is 0. The largest absolute Gasteiger partial charge is 0.450 e. The van der Waals surface area contributed by atoms with Gasteiger partial charge in [0.05, 0.1) is 12.6 Å². The van der Waals surface area contributed by atoms with Crippen molar-refractivity contribution in [1.82, 2.24) is 9.80 Å². The second-order valence-electron chi connectivity index (χ2n) is 5.42. The summed E-state index contributed by atoms with van der Waals surface area (Å²) >= 11 is 0. The molecule has 0 aromatic heterocycles. The number of ether oxygens (including phenoxy) is 1. The first-order valence-corrected chi connectivity index (χ1v) is 7.09. The van der Waals surface area contributed by atoms with Gasteiger partial charge in [-0.05, 0) is 12.5 Å². The van der Waals surface area contributed by atoms with Gasteiger partial charge < -0.3 is 14.7 Å². The number of carbonyl (C=O) groups excluding carboxylic acids is 1. The molecule has 20 heavy (non-hydrogen) atoms. The fourth-order valence-electron chi connectivity index (χ4n) is 3.16. The molecule has 1 aromatic rings. The highest BCUT2D eigenvalue weighted by Crippen LogP contribution is 2.40. The first kappa shape index (κ1) is 13.4. The van der Waals surface area contributed by atoms with Crippen LogP contribution in [0.3, 0.4) is 0 Å². The monoisotopic (exact) mass is 276 g/mol. The lowest BCUT2D eigenvalue weighted by molar-refractivity contribution is -0.180. The quantitative estimate of drug-likeness (QED) is 0.876. The zero-order valence-corrected chi connectivity index (χ0v) is 11.7. The number of benzene rings is 1. The Balaban J connectivity index is 1.74. The summed E-state index contributed by atoms with van der Waals surface area (Å²) in [5.74, 6) is 0. The molecule has 2 fully saturated rings. The maximum absolute atomic E-state index is 11.8. The van der Waals surface area contributed by atoms with Crippen molar-refractivity contribution in [3.63, 3.8) is 0 Å². The molecular formula is C15H20N2O3. The van der Waals surface area contributed by atoms with Gasteiger partial charge in [-0.3, -0.25) is 4.90 Å². The molecule has 3 rings (SSSR count). The Hall–Kier alpha value is -1.59. The van der Waals surface area contributed by atoms with Crippen molar-refractivity contribution in [2.75, 3.05) is 32.8 Å². The van der Waals surface area contributed by atoms with Crippen LogP contribution in [0.1, 0.15) is 12.5 Å². The van der Waals surface area contributed by atoms with Crippen molar-refractivity contribution >= 4 is 6.09 Å². The molecule has 108 valence electrons. The van der Waals surface area contributed by atoms with Crippen LogP contribution in [0.2, 0.25) is 0 Å². The minimum Gasteiger partial charge on any atom is -0.450 e. The van der Waals surface area contributed by atoms with Crippen molar-refractivity contribution in [3.8, 4) is 0 Å². The van der Waals surface area contributed by atoms with E-state index >= 15 is 0 Å². The van der Waals surface area contributed by atoms with Gasteiger partial charge in [0, 0.05) is 26.2 Å². The molecule has 2 heterocycles. The number of piperazine rings is 1. The molecular weight excluding hydrogens is 256 g/mol. The van der Waals surface area contributed by atoms with Gasteiger partial charge in [-0.25, -0.2) is 4.79 Å². The van der Waals surface area contributed by atoms with Crippen LogP contribution in [0.15, 0.2) is 30.3 Å². The van der Waals surface area contributed by atoms with Gasteiger partial charge in [0.25, 0.3) is 0 Å². The van der Waals surface area contributed by atoms with Crippen molar-refractivity contribution in [2.24, 2.45) is 0 Å². The predicted molar refractivity (Wildman–Crippen MR) is 74.3 cm³/mol. The lowest BCUT2D eigenvalue weighted by atomic mass is 9.76. The minimum absolute atomic E-state index is 0.0388. The Labute approximate surface area is 118 Å². The number of rotatable bonds is 2. The van der Waals surface area contributed by atoms with E-state index in [1.807, 2.05) is 30.3 Å². The van der Waals surface area contributed by atoms with E-state index in [0.717, 1.165) is 12.1 Å². The first-order chi connectivity index (χ1) is 9.65. The second-order valence-corrected chi connectivity index (χ2v) is 5.42. The molecule has 2 saturated heterocycles. The van der Waals surface area contributed by atoms with Gasteiger partial charge in [-0.1, -0.05) is 30.3 Å². The zero-order valence-electron chi connectivity index (χ0n) is 11.7. The maximum atomic E-state index is 11.8. The van der Waals surface area contributed by atoms with Crippen LogP contribution in [0.5, 0.6) is 0 Å². The summed E-state index contributed by atoms with van der Waals surface area (Å²) < 4.78 is 5.05. The van der Waals surface area contributed by atoms with Crippen molar-refractivity contribution < 1.29 is 14.6 Å². The van der Waals surface area contributed by atoms with Gasteiger partial charge in [0.2, 0.25) is 0 Å². The van der Waals surface area contributed by atoms with Gasteiger partial charge in [-0.15, -0.1) is 0 Å². The average Bonchev–Trinajstić information content (AvgIpc) is 2.47. The molecule has 0 saturated carbocycles. The first-order valence-electron chi connectivity index (χ1n) is 7.09. The Morgan fingerprint density at radius 3 is 2.85 bits per heavy atom. The molecule has 0 aliphatic carbocycles. The molecule has 0 radical (unpaired) electrons. The lowest BCUT2D eigenvalue weighted by Crippen LogP contribution is -2.74. The summed E-state index contributed by atoms with van der Waals surface area (Å²) in [6, 6.07) is 9.66. The molecule has 5 heteroatoms. The van der Waals surface area contributed by atoms with Crippen LogP contribution in [0.25, 0.3) is 0 Å². The molecule has 5 nitrogen and oxygen atoms in total. The van der Waals surface area contributed by atoms with Crippen molar-refractivity contribution in [2.45, 2.75) is 18.6 Å². The van der Waals surface area contributed by atoms with E-state index in [9.17, 15) is 9.90 Å². The van der Waals surface area contributed by atoms with Gasteiger partial charge in [-0.2, -0.15) is 0 Å². The highest BCUT2D eigenvalue weighted by atomic mass is 16.6. The maximum Gasteiger partial charge on any atom is 0.409 e. The molecule has 0 bridgehead atoms. The number of nitrogens with zero attached hydrogens (tertiary/aromatic N) is 2. The van der Waals surface area contributed by atoms with E-state index in [4.69, 9.17) is 4.74 Å². The minimum atomic E-state index is -0.855. The van der Waals surface area contributed by atoms with Crippen LogP contribution in [0, 0.1) is 0 Å².